The summed E-state index contributed by atoms with van der Waals surface area (Å²) < 4.78 is 5.88. The van der Waals surface area contributed by atoms with E-state index in [0.717, 1.165) is 25.6 Å². The SMILES string of the molecule is Cc1cnc(N2CCOC(C3CCC3)C2)s1. The van der Waals surface area contributed by atoms with E-state index in [9.17, 15) is 0 Å². The highest BCUT2D eigenvalue weighted by Crippen LogP contribution is 2.34. The van der Waals surface area contributed by atoms with Gasteiger partial charge in [0, 0.05) is 24.2 Å². The van der Waals surface area contributed by atoms with Gasteiger partial charge in [-0.2, -0.15) is 0 Å². The lowest BCUT2D eigenvalue weighted by Crippen LogP contribution is -2.47. The van der Waals surface area contributed by atoms with Crippen LogP contribution in [0.25, 0.3) is 0 Å². The van der Waals surface area contributed by atoms with Crippen molar-refractivity contribution in [2.45, 2.75) is 32.3 Å². The lowest BCUT2D eigenvalue weighted by molar-refractivity contribution is -0.0224. The van der Waals surface area contributed by atoms with Crippen molar-refractivity contribution in [3.63, 3.8) is 0 Å². The zero-order valence-corrected chi connectivity index (χ0v) is 10.5. The molecule has 0 aromatic carbocycles. The van der Waals surface area contributed by atoms with Crippen molar-refractivity contribution in [2.24, 2.45) is 5.92 Å². The molecule has 1 unspecified atom stereocenters. The Morgan fingerprint density at radius 1 is 1.50 bits per heavy atom. The van der Waals surface area contributed by atoms with Crippen LogP contribution in [0.1, 0.15) is 24.1 Å². The van der Waals surface area contributed by atoms with E-state index in [-0.39, 0.29) is 0 Å². The lowest BCUT2D eigenvalue weighted by Gasteiger charge is -2.40. The smallest absolute Gasteiger partial charge is 0.185 e. The van der Waals surface area contributed by atoms with Gasteiger partial charge in [0.15, 0.2) is 5.13 Å². The second-order valence-electron chi connectivity index (χ2n) is 4.80. The van der Waals surface area contributed by atoms with Gasteiger partial charge in [-0.3, -0.25) is 0 Å². The summed E-state index contributed by atoms with van der Waals surface area (Å²) in [6.45, 7) is 5.01. The Morgan fingerprint density at radius 2 is 2.38 bits per heavy atom. The van der Waals surface area contributed by atoms with E-state index in [4.69, 9.17) is 4.74 Å². The summed E-state index contributed by atoms with van der Waals surface area (Å²) in [6.07, 6.45) is 6.52. The molecule has 1 saturated carbocycles. The Morgan fingerprint density at radius 3 is 3.00 bits per heavy atom. The van der Waals surface area contributed by atoms with E-state index < -0.39 is 0 Å². The third-order valence-corrected chi connectivity index (χ3v) is 4.62. The molecule has 1 aromatic heterocycles. The Labute approximate surface area is 100 Å². The van der Waals surface area contributed by atoms with Crippen molar-refractivity contribution in [1.29, 1.82) is 0 Å². The summed E-state index contributed by atoms with van der Waals surface area (Å²) in [5.74, 6) is 0.809. The highest BCUT2D eigenvalue weighted by molar-refractivity contribution is 7.15. The van der Waals surface area contributed by atoms with Crippen LogP contribution in [0.15, 0.2) is 6.20 Å². The van der Waals surface area contributed by atoms with Crippen molar-refractivity contribution in [1.82, 2.24) is 4.98 Å². The molecule has 3 nitrogen and oxygen atoms in total. The molecule has 2 heterocycles. The summed E-state index contributed by atoms with van der Waals surface area (Å²) in [5.41, 5.74) is 0. The van der Waals surface area contributed by atoms with E-state index >= 15 is 0 Å². The van der Waals surface area contributed by atoms with Crippen molar-refractivity contribution < 1.29 is 4.74 Å². The van der Waals surface area contributed by atoms with Crippen molar-refractivity contribution in [3.05, 3.63) is 11.1 Å². The van der Waals surface area contributed by atoms with Gasteiger partial charge in [-0.25, -0.2) is 4.98 Å². The molecule has 0 bridgehead atoms. The maximum absolute atomic E-state index is 5.88. The molecular weight excluding hydrogens is 220 g/mol. The maximum atomic E-state index is 5.88. The minimum absolute atomic E-state index is 0.451. The molecule has 0 spiro atoms. The van der Waals surface area contributed by atoms with Crippen LogP contribution in [0.4, 0.5) is 5.13 Å². The Balaban J connectivity index is 1.67. The zero-order valence-electron chi connectivity index (χ0n) is 9.69. The molecule has 88 valence electrons. The van der Waals surface area contributed by atoms with Crippen molar-refractivity contribution in [3.8, 4) is 0 Å². The standard InChI is InChI=1S/C12H18N2OS/c1-9-7-13-12(16-9)14-5-6-15-11(8-14)10-3-2-4-10/h7,10-11H,2-6,8H2,1H3. The summed E-state index contributed by atoms with van der Waals surface area (Å²) in [7, 11) is 0. The van der Waals surface area contributed by atoms with Gasteiger partial charge in [0.25, 0.3) is 0 Å². The second kappa shape index (κ2) is 4.34. The third-order valence-electron chi connectivity index (χ3n) is 3.65. The fraction of sp³-hybridized carbons (Fsp3) is 0.750. The fourth-order valence-electron chi connectivity index (χ4n) is 2.43. The molecule has 0 radical (unpaired) electrons. The average Bonchev–Trinajstić information content (AvgIpc) is 2.63. The molecule has 0 N–H and O–H groups in total. The van der Waals surface area contributed by atoms with Crippen LogP contribution in [0.5, 0.6) is 0 Å². The Kier molecular flexibility index (Phi) is 2.86. The molecule has 3 rings (SSSR count). The van der Waals surface area contributed by atoms with Crippen molar-refractivity contribution in [2.75, 3.05) is 24.6 Å². The third kappa shape index (κ3) is 1.96. The number of nitrogens with zero attached hydrogens (tertiary/aromatic N) is 2. The molecule has 1 saturated heterocycles. The number of ether oxygens (including phenoxy) is 1. The molecule has 1 aromatic rings. The summed E-state index contributed by atoms with van der Waals surface area (Å²) >= 11 is 1.79. The van der Waals surface area contributed by atoms with Crippen LogP contribution < -0.4 is 4.90 Å². The van der Waals surface area contributed by atoms with Gasteiger partial charge in [0.1, 0.15) is 0 Å². The minimum Gasteiger partial charge on any atom is -0.374 e. The monoisotopic (exact) mass is 238 g/mol. The van der Waals surface area contributed by atoms with Crippen LogP contribution in [-0.2, 0) is 4.74 Å². The van der Waals surface area contributed by atoms with Crippen LogP contribution in [0.2, 0.25) is 0 Å². The maximum Gasteiger partial charge on any atom is 0.185 e. The van der Waals surface area contributed by atoms with E-state index in [1.807, 2.05) is 6.20 Å². The predicted octanol–water partition coefficient (Wildman–Crippen LogP) is 2.46. The van der Waals surface area contributed by atoms with Gasteiger partial charge in [-0.15, -0.1) is 11.3 Å². The molecule has 2 fully saturated rings. The molecule has 1 aliphatic carbocycles. The molecule has 2 aliphatic rings. The number of hydrogen-bond donors (Lipinski definition) is 0. The first kappa shape index (κ1) is 10.5. The van der Waals surface area contributed by atoms with E-state index in [1.54, 1.807) is 11.3 Å². The van der Waals surface area contributed by atoms with Gasteiger partial charge in [0.05, 0.1) is 12.7 Å². The number of morpholine rings is 1. The number of rotatable bonds is 2. The first-order valence-electron chi connectivity index (χ1n) is 6.12. The number of anilines is 1. The van der Waals surface area contributed by atoms with Gasteiger partial charge in [0.2, 0.25) is 0 Å². The topological polar surface area (TPSA) is 25.4 Å². The van der Waals surface area contributed by atoms with E-state index in [1.165, 1.54) is 29.3 Å². The molecule has 1 atom stereocenters. The Bertz CT molecular complexity index is 362. The predicted molar refractivity (Wildman–Crippen MR) is 66.1 cm³/mol. The lowest BCUT2D eigenvalue weighted by atomic mass is 9.80. The number of hydrogen-bond acceptors (Lipinski definition) is 4. The molecule has 1 aliphatic heterocycles. The van der Waals surface area contributed by atoms with Crippen LogP contribution in [0.3, 0.4) is 0 Å². The zero-order chi connectivity index (χ0) is 11.0. The van der Waals surface area contributed by atoms with Gasteiger partial charge in [-0.1, -0.05) is 6.42 Å². The van der Waals surface area contributed by atoms with Crippen LogP contribution in [-0.4, -0.2) is 30.8 Å². The fourth-order valence-corrected chi connectivity index (χ4v) is 3.23. The normalized spacial score (nSPS) is 26.8. The number of aromatic nitrogens is 1. The largest absolute Gasteiger partial charge is 0.374 e. The molecular formula is C12H18N2OS. The first-order chi connectivity index (χ1) is 7.83. The van der Waals surface area contributed by atoms with Crippen molar-refractivity contribution >= 4 is 16.5 Å². The number of thiazole rings is 1. The quantitative estimate of drug-likeness (QED) is 0.791. The summed E-state index contributed by atoms with van der Waals surface area (Å²) in [6, 6.07) is 0. The summed E-state index contributed by atoms with van der Waals surface area (Å²) in [5, 5.41) is 1.17. The second-order valence-corrected chi connectivity index (χ2v) is 6.01. The van der Waals surface area contributed by atoms with E-state index in [2.05, 4.69) is 16.8 Å². The van der Waals surface area contributed by atoms with Gasteiger partial charge < -0.3 is 9.64 Å². The highest BCUT2D eigenvalue weighted by Gasteiger charge is 2.32. The van der Waals surface area contributed by atoms with Crippen LogP contribution >= 0.6 is 11.3 Å². The number of aryl methyl sites for hydroxylation is 1. The molecule has 4 heteroatoms. The van der Waals surface area contributed by atoms with Crippen LogP contribution in [0, 0.1) is 12.8 Å². The first-order valence-corrected chi connectivity index (χ1v) is 6.93. The summed E-state index contributed by atoms with van der Waals surface area (Å²) in [4.78, 5) is 8.15. The molecule has 0 amide bonds. The van der Waals surface area contributed by atoms with E-state index in [0.29, 0.717) is 6.10 Å². The highest BCUT2D eigenvalue weighted by atomic mass is 32.1. The molecule has 16 heavy (non-hydrogen) atoms. The Hall–Kier alpha value is -0.610. The minimum atomic E-state index is 0.451. The average molecular weight is 238 g/mol. The van der Waals surface area contributed by atoms with Gasteiger partial charge in [-0.05, 0) is 25.7 Å². The van der Waals surface area contributed by atoms with Gasteiger partial charge >= 0.3 is 0 Å².